The lowest BCUT2D eigenvalue weighted by molar-refractivity contribution is -0.142. The van der Waals surface area contributed by atoms with E-state index in [2.05, 4.69) is 29.6 Å². The van der Waals surface area contributed by atoms with Crippen molar-refractivity contribution in [3.05, 3.63) is 125 Å². The molecule has 4 aromatic carbocycles. The number of carbonyl (C=O) groups excluding carboxylic acids is 1. The predicted octanol–water partition coefficient (Wildman–Crippen LogP) is 5.97. The average molecular weight is 433 g/mol. The zero-order chi connectivity index (χ0) is 22.9. The van der Waals surface area contributed by atoms with Gasteiger partial charge in [0.2, 0.25) is 0 Å². The third-order valence-electron chi connectivity index (χ3n) is 5.39. The van der Waals surface area contributed by atoms with E-state index in [1.807, 2.05) is 84.9 Å². The zero-order valence-corrected chi connectivity index (χ0v) is 18.2. The van der Waals surface area contributed by atoms with E-state index in [9.17, 15) is 10.1 Å². The molecular formula is C29H24N2O2. The summed E-state index contributed by atoms with van der Waals surface area (Å²) in [5, 5.41) is 12.6. The molecule has 0 aromatic heterocycles. The van der Waals surface area contributed by atoms with Gasteiger partial charge in [-0.05, 0) is 46.4 Å². The van der Waals surface area contributed by atoms with Gasteiger partial charge in [0, 0.05) is 5.69 Å². The van der Waals surface area contributed by atoms with Gasteiger partial charge in [-0.15, -0.1) is 0 Å². The molecule has 0 fully saturated rings. The van der Waals surface area contributed by atoms with Gasteiger partial charge in [0.05, 0.1) is 11.6 Å². The third kappa shape index (κ3) is 5.87. The highest BCUT2D eigenvalue weighted by molar-refractivity contribution is 5.75. The van der Waals surface area contributed by atoms with Gasteiger partial charge in [-0.1, -0.05) is 91.0 Å². The molecule has 0 aliphatic heterocycles. The van der Waals surface area contributed by atoms with Crippen LogP contribution in [0.4, 0.5) is 5.69 Å². The minimum Gasteiger partial charge on any atom is -0.460 e. The number of nitrogens with one attached hydrogen (secondary N) is 1. The standard InChI is InChI=1S/C29H24N2O2/c30-19-26-11-4-6-12-27(26)24-16-14-22(15-17-24)18-25-10-5-7-13-28(25)31-20-29(32)33-21-23-8-2-1-3-9-23/h1-17,31H,18,20-21H2. The first-order valence-electron chi connectivity index (χ1n) is 10.8. The first-order valence-corrected chi connectivity index (χ1v) is 10.8. The molecule has 4 heteroatoms. The van der Waals surface area contributed by atoms with Crippen LogP contribution in [0.5, 0.6) is 0 Å². The molecular weight excluding hydrogens is 408 g/mol. The molecule has 0 heterocycles. The number of rotatable bonds is 8. The molecule has 4 aromatic rings. The van der Waals surface area contributed by atoms with E-state index in [1.54, 1.807) is 0 Å². The fraction of sp³-hybridized carbons (Fsp3) is 0.103. The number of esters is 1. The van der Waals surface area contributed by atoms with Crippen LogP contribution in [0.1, 0.15) is 22.3 Å². The summed E-state index contributed by atoms with van der Waals surface area (Å²) < 4.78 is 5.36. The molecule has 1 N–H and O–H groups in total. The van der Waals surface area contributed by atoms with E-state index in [0.717, 1.165) is 39.9 Å². The van der Waals surface area contributed by atoms with Crippen molar-refractivity contribution in [2.75, 3.05) is 11.9 Å². The summed E-state index contributed by atoms with van der Waals surface area (Å²) in [7, 11) is 0. The van der Waals surface area contributed by atoms with E-state index >= 15 is 0 Å². The Bertz CT molecular complexity index is 1260. The smallest absolute Gasteiger partial charge is 0.325 e. The van der Waals surface area contributed by atoms with Crippen molar-refractivity contribution in [2.45, 2.75) is 13.0 Å². The molecule has 0 radical (unpaired) electrons. The van der Waals surface area contributed by atoms with E-state index in [4.69, 9.17) is 4.74 Å². The van der Waals surface area contributed by atoms with Crippen LogP contribution < -0.4 is 5.32 Å². The second-order valence-electron chi connectivity index (χ2n) is 7.69. The minimum atomic E-state index is -0.297. The van der Waals surface area contributed by atoms with Crippen LogP contribution in [0, 0.1) is 11.3 Å². The van der Waals surface area contributed by atoms with Crippen molar-refractivity contribution < 1.29 is 9.53 Å². The van der Waals surface area contributed by atoms with Gasteiger partial charge in [0.1, 0.15) is 13.2 Å². The number of para-hydroxylation sites is 1. The quantitative estimate of drug-likeness (QED) is 0.348. The van der Waals surface area contributed by atoms with Crippen LogP contribution in [-0.2, 0) is 22.6 Å². The lowest BCUT2D eigenvalue weighted by Gasteiger charge is -2.13. The Morgan fingerprint density at radius 2 is 1.48 bits per heavy atom. The lowest BCUT2D eigenvalue weighted by Crippen LogP contribution is -2.17. The molecule has 0 atom stereocenters. The predicted molar refractivity (Wildman–Crippen MR) is 131 cm³/mol. The maximum atomic E-state index is 12.2. The lowest BCUT2D eigenvalue weighted by atomic mass is 9.97. The number of carbonyl (C=O) groups is 1. The molecule has 0 aliphatic carbocycles. The second-order valence-corrected chi connectivity index (χ2v) is 7.69. The summed E-state index contributed by atoms with van der Waals surface area (Å²) >= 11 is 0. The molecule has 4 nitrogen and oxygen atoms in total. The topological polar surface area (TPSA) is 62.1 Å². The molecule has 4 rings (SSSR count). The first-order chi connectivity index (χ1) is 16.2. The van der Waals surface area contributed by atoms with Gasteiger partial charge >= 0.3 is 5.97 Å². The SMILES string of the molecule is N#Cc1ccccc1-c1ccc(Cc2ccccc2NCC(=O)OCc2ccccc2)cc1. The van der Waals surface area contributed by atoms with Crippen LogP contribution in [0.2, 0.25) is 0 Å². The highest BCUT2D eigenvalue weighted by Gasteiger charge is 2.08. The number of nitrogens with zero attached hydrogens (tertiary/aromatic N) is 1. The second kappa shape index (κ2) is 10.8. The Balaban J connectivity index is 1.38. The highest BCUT2D eigenvalue weighted by atomic mass is 16.5. The zero-order valence-electron chi connectivity index (χ0n) is 18.2. The van der Waals surface area contributed by atoms with E-state index in [-0.39, 0.29) is 19.1 Å². The van der Waals surface area contributed by atoms with Crippen molar-refractivity contribution in [3.63, 3.8) is 0 Å². The van der Waals surface area contributed by atoms with Crippen LogP contribution in [0.3, 0.4) is 0 Å². The highest BCUT2D eigenvalue weighted by Crippen LogP contribution is 2.25. The van der Waals surface area contributed by atoms with Gasteiger partial charge in [-0.3, -0.25) is 4.79 Å². The Labute approximate surface area is 194 Å². The van der Waals surface area contributed by atoms with Crippen molar-refractivity contribution >= 4 is 11.7 Å². The molecule has 0 aliphatic rings. The fourth-order valence-electron chi connectivity index (χ4n) is 3.66. The van der Waals surface area contributed by atoms with Crippen molar-refractivity contribution in [2.24, 2.45) is 0 Å². The Morgan fingerprint density at radius 1 is 0.788 bits per heavy atom. The summed E-state index contributed by atoms with van der Waals surface area (Å²) in [6.07, 6.45) is 0.725. The maximum Gasteiger partial charge on any atom is 0.325 e. The van der Waals surface area contributed by atoms with Crippen LogP contribution in [0.15, 0.2) is 103 Å². The van der Waals surface area contributed by atoms with Gasteiger partial charge in [-0.2, -0.15) is 5.26 Å². The van der Waals surface area contributed by atoms with Crippen LogP contribution in [-0.4, -0.2) is 12.5 Å². The number of ether oxygens (including phenoxy) is 1. The molecule has 0 bridgehead atoms. The number of anilines is 1. The summed E-state index contributed by atoms with van der Waals surface area (Å²) in [6, 6.07) is 35.7. The molecule has 0 amide bonds. The maximum absolute atomic E-state index is 12.2. The largest absolute Gasteiger partial charge is 0.460 e. The Morgan fingerprint density at radius 3 is 2.27 bits per heavy atom. The third-order valence-corrected chi connectivity index (χ3v) is 5.39. The van der Waals surface area contributed by atoms with E-state index in [1.165, 1.54) is 0 Å². The summed E-state index contributed by atoms with van der Waals surface area (Å²) in [6.45, 7) is 0.373. The Kier molecular flexibility index (Phi) is 7.15. The first kappa shape index (κ1) is 21.9. The molecule has 0 saturated heterocycles. The number of hydrogen-bond donors (Lipinski definition) is 1. The fourth-order valence-corrected chi connectivity index (χ4v) is 3.66. The average Bonchev–Trinajstić information content (AvgIpc) is 2.88. The molecule has 0 saturated carbocycles. The summed E-state index contributed by atoms with van der Waals surface area (Å²) in [5.41, 5.74) is 6.73. The molecule has 0 spiro atoms. The van der Waals surface area contributed by atoms with Crippen LogP contribution >= 0.6 is 0 Å². The monoisotopic (exact) mass is 432 g/mol. The molecule has 0 unspecified atom stereocenters. The van der Waals surface area contributed by atoms with Crippen LogP contribution in [0.25, 0.3) is 11.1 Å². The molecule has 33 heavy (non-hydrogen) atoms. The number of benzene rings is 4. The normalized spacial score (nSPS) is 10.3. The Hall–Kier alpha value is -4.36. The van der Waals surface area contributed by atoms with Crippen molar-refractivity contribution in [3.8, 4) is 17.2 Å². The summed E-state index contributed by atoms with van der Waals surface area (Å²) in [4.78, 5) is 12.2. The molecule has 162 valence electrons. The van der Waals surface area contributed by atoms with Gasteiger partial charge < -0.3 is 10.1 Å². The minimum absolute atomic E-state index is 0.105. The van der Waals surface area contributed by atoms with E-state index < -0.39 is 0 Å². The van der Waals surface area contributed by atoms with Gasteiger partial charge in [0.15, 0.2) is 0 Å². The number of nitriles is 1. The van der Waals surface area contributed by atoms with E-state index in [0.29, 0.717) is 5.56 Å². The number of hydrogen-bond acceptors (Lipinski definition) is 4. The van der Waals surface area contributed by atoms with Crippen molar-refractivity contribution in [1.82, 2.24) is 0 Å². The summed E-state index contributed by atoms with van der Waals surface area (Å²) in [5.74, 6) is -0.297. The van der Waals surface area contributed by atoms with Gasteiger partial charge in [-0.25, -0.2) is 0 Å². The van der Waals surface area contributed by atoms with Crippen molar-refractivity contribution in [1.29, 1.82) is 5.26 Å². The van der Waals surface area contributed by atoms with Gasteiger partial charge in [0.25, 0.3) is 0 Å².